The van der Waals surface area contributed by atoms with E-state index in [2.05, 4.69) is 0 Å². The van der Waals surface area contributed by atoms with Crippen molar-refractivity contribution in [2.45, 2.75) is 12.7 Å². The quantitative estimate of drug-likeness (QED) is 0.631. The Bertz CT molecular complexity index is 985. The summed E-state index contributed by atoms with van der Waals surface area (Å²) in [6, 6.07) is 16.4. The van der Waals surface area contributed by atoms with E-state index in [9.17, 15) is 9.18 Å². The summed E-state index contributed by atoms with van der Waals surface area (Å²) < 4.78 is 35.6. The largest absolute Gasteiger partial charge is 0.486 e. The van der Waals surface area contributed by atoms with Crippen LogP contribution in [0.4, 0.5) is 4.39 Å². The third-order valence-electron chi connectivity index (χ3n) is 4.46. The summed E-state index contributed by atoms with van der Waals surface area (Å²) in [6.45, 7) is 0.859. The van der Waals surface area contributed by atoms with E-state index in [4.69, 9.17) is 18.6 Å². The van der Waals surface area contributed by atoms with Crippen LogP contribution in [0.2, 0.25) is 0 Å². The number of halogens is 1. The summed E-state index contributed by atoms with van der Waals surface area (Å²) >= 11 is 0. The van der Waals surface area contributed by atoms with Gasteiger partial charge in [-0.25, -0.2) is 4.39 Å². The molecule has 4 rings (SSSR count). The molecule has 1 aromatic heterocycles. The molecule has 2 heterocycles. The number of fused-ring (bicyclic) bond motifs is 1. The summed E-state index contributed by atoms with van der Waals surface area (Å²) in [6.07, 6.45) is -0.268. The molecule has 2 aromatic carbocycles. The van der Waals surface area contributed by atoms with Gasteiger partial charge in [-0.2, -0.15) is 0 Å². The zero-order valence-electron chi connectivity index (χ0n) is 15.8. The van der Waals surface area contributed by atoms with Crippen molar-refractivity contribution in [3.8, 4) is 17.2 Å². The van der Waals surface area contributed by atoms with Crippen molar-refractivity contribution in [2.24, 2.45) is 0 Å². The monoisotopic (exact) mass is 397 g/mol. The lowest BCUT2D eigenvalue weighted by Gasteiger charge is -2.29. The van der Waals surface area contributed by atoms with Gasteiger partial charge in [0.2, 0.25) is 0 Å². The molecule has 1 amide bonds. The Morgan fingerprint density at radius 2 is 1.86 bits per heavy atom. The van der Waals surface area contributed by atoms with Crippen molar-refractivity contribution in [1.82, 2.24) is 4.90 Å². The first-order chi connectivity index (χ1) is 14.1. The molecule has 3 aromatic rings. The highest BCUT2D eigenvalue weighted by molar-refractivity contribution is 5.91. The zero-order valence-corrected chi connectivity index (χ0v) is 15.8. The van der Waals surface area contributed by atoms with Crippen molar-refractivity contribution >= 4 is 5.91 Å². The Hall–Kier alpha value is -3.48. The molecular formula is C22H20FNO5. The van der Waals surface area contributed by atoms with E-state index in [1.807, 2.05) is 24.3 Å². The number of ether oxygens (including phenoxy) is 3. The molecule has 0 saturated heterocycles. The average molecular weight is 397 g/mol. The normalized spacial score (nSPS) is 15.0. The smallest absolute Gasteiger partial charge is 0.289 e. The molecule has 7 heteroatoms. The van der Waals surface area contributed by atoms with Gasteiger partial charge in [-0.15, -0.1) is 0 Å². The number of benzene rings is 2. The predicted molar refractivity (Wildman–Crippen MR) is 103 cm³/mol. The number of hydrogen-bond donors (Lipinski definition) is 0. The lowest BCUT2D eigenvalue weighted by Crippen LogP contribution is -2.41. The van der Waals surface area contributed by atoms with Crippen molar-refractivity contribution in [1.29, 1.82) is 0 Å². The van der Waals surface area contributed by atoms with Crippen molar-refractivity contribution in [2.75, 3.05) is 20.2 Å². The van der Waals surface area contributed by atoms with Crippen LogP contribution in [0.5, 0.6) is 17.2 Å². The summed E-state index contributed by atoms with van der Waals surface area (Å²) in [4.78, 5) is 14.2. The maximum absolute atomic E-state index is 12.9. The fourth-order valence-electron chi connectivity index (χ4n) is 2.99. The molecule has 6 nitrogen and oxygen atoms in total. The van der Waals surface area contributed by atoms with Crippen LogP contribution in [-0.4, -0.2) is 37.1 Å². The van der Waals surface area contributed by atoms with Crippen molar-refractivity contribution in [3.05, 3.63) is 78.0 Å². The second-order valence-corrected chi connectivity index (χ2v) is 6.69. The number of likely N-dealkylation sites (N-methyl/N-ethyl adjacent to an activating group) is 1. The van der Waals surface area contributed by atoms with Gasteiger partial charge in [-0.3, -0.25) is 4.79 Å². The molecule has 0 spiro atoms. The first-order valence-electron chi connectivity index (χ1n) is 9.19. The van der Waals surface area contributed by atoms with Crippen LogP contribution in [0.15, 0.2) is 65.1 Å². The van der Waals surface area contributed by atoms with Crippen molar-refractivity contribution in [3.63, 3.8) is 0 Å². The van der Waals surface area contributed by atoms with Crippen LogP contribution in [0.25, 0.3) is 0 Å². The fourth-order valence-corrected chi connectivity index (χ4v) is 2.99. The Morgan fingerprint density at radius 3 is 2.66 bits per heavy atom. The van der Waals surface area contributed by atoms with E-state index < -0.39 is 0 Å². The molecule has 0 unspecified atom stereocenters. The zero-order chi connectivity index (χ0) is 20.2. The third-order valence-corrected chi connectivity index (χ3v) is 4.46. The maximum atomic E-state index is 12.9. The number of para-hydroxylation sites is 2. The number of carbonyl (C=O) groups is 1. The number of hydrogen-bond acceptors (Lipinski definition) is 5. The number of furan rings is 1. The second kappa shape index (κ2) is 8.26. The number of amides is 1. The second-order valence-electron chi connectivity index (χ2n) is 6.69. The Labute approximate surface area is 167 Å². The van der Waals surface area contributed by atoms with Crippen molar-refractivity contribution < 1.29 is 27.8 Å². The summed E-state index contributed by atoms with van der Waals surface area (Å²) in [5.74, 6) is 2.00. The molecule has 150 valence electrons. The Balaban J connectivity index is 1.32. The van der Waals surface area contributed by atoms with Gasteiger partial charge >= 0.3 is 0 Å². The maximum Gasteiger partial charge on any atom is 0.289 e. The first-order valence-corrected chi connectivity index (χ1v) is 9.19. The molecule has 1 aliphatic heterocycles. The molecule has 0 aliphatic carbocycles. The Kier molecular flexibility index (Phi) is 5.37. The topological polar surface area (TPSA) is 61.1 Å². The van der Waals surface area contributed by atoms with Gasteiger partial charge in [-0.05, 0) is 48.5 Å². The molecule has 29 heavy (non-hydrogen) atoms. The first kappa shape index (κ1) is 18.9. The molecule has 1 aliphatic rings. The summed E-state index contributed by atoms with van der Waals surface area (Å²) in [5, 5.41) is 0. The van der Waals surface area contributed by atoms with Crippen LogP contribution in [-0.2, 0) is 6.61 Å². The molecule has 0 N–H and O–H groups in total. The van der Waals surface area contributed by atoms with E-state index in [1.165, 1.54) is 29.2 Å². The van der Waals surface area contributed by atoms with Crippen LogP contribution >= 0.6 is 0 Å². The van der Waals surface area contributed by atoms with Crippen LogP contribution in [0.1, 0.15) is 16.3 Å². The average Bonchev–Trinajstić information content (AvgIpc) is 3.21. The molecule has 0 fully saturated rings. The van der Waals surface area contributed by atoms with E-state index >= 15 is 0 Å². The predicted octanol–water partition coefficient (Wildman–Crippen LogP) is 3.91. The molecule has 1 atom stereocenters. The number of rotatable bonds is 6. The van der Waals surface area contributed by atoms with Crippen LogP contribution in [0, 0.1) is 5.82 Å². The van der Waals surface area contributed by atoms with Gasteiger partial charge in [0.25, 0.3) is 5.91 Å². The van der Waals surface area contributed by atoms with Gasteiger partial charge in [0.1, 0.15) is 30.5 Å². The molecule has 0 saturated carbocycles. The standard InChI is InChI=1S/C22H20FNO5/c1-24(12-18-14-27-19-4-2-3-5-20(19)29-18)22(25)21-11-10-17(28-21)13-26-16-8-6-15(23)7-9-16/h2-11,18H,12-14H2,1H3/t18-/m0/s1. The third kappa shape index (κ3) is 4.51. The number of nitrogens with zero attached hydrogens (tertiary/aromatic N) is 1. The van der Waals surface area contributed by atoms with Gasteiger partial charge < -0.3 is 23.5 Å². The van der Waals surface area contributed by atoms with E-state index in [1.54, 1.807) is 19.2 Å². The minimum Gasteiger partial charge on any atom is -0.486 e. The van der Waals surface area contributed by atoms with E-state index in [0.717, 1.165) is 0 Å². The minimum absolute atomic E-state index is 0.138. The van der Waals surface area contributed by atoms with E-state index in [-0.39, 0.29) is 30.2 Å². The van der Waals surface area contributed by atoms with E-state index in [0.29, 0.717) is 36.2 Å². The number of carbonyl (C=O) groups excluding carboxylic acids is 1. The lowest BCUT2D eigenvalue weighted by atomic mass is 10.2. The lowest BCUT2D eigenvalue weighted by molar-refractivity contribution is 0.0499. The van der Waals surface area contributed by atoms with Gasteiger partial charge in [0, 0.05) is 7.05 Å². The molecular weight excluding hydrogens is 377 g/mol. The Morgan fingerprint density at radius 1 is 1.10 bits per heavy atom. The molecule has 0 bridgehead atoms. The fraction of sp³-hybridized carbons (Fsp3) is 0.227. The highest BCUT2D eigenvalue weighted by atomic mass is 19.1. The van der Waals surface area contributed by atoms with Gasteiger partial charge in [0.05, 0.1) is 6.54 Å². The summed E-state index contributed by atoms with van der Waals surface area (Å²) in [5.41, 5.74) is 0. The molecule has 0 radical (unpaired) electrons. The van der Waals surface area contributed by atoms with Crippen LogP contribution < -0.4 is 14.2 Å². The summed E-state index contributed by atoms with van der Waals surface area (Å²) in [7, 11) is 1.68. The SMILES string of the molecule is CN(C[C@H]1COc2ccccc2O1)C(=O)c1ccc(COc2ccc(F)cc2)o1. The van der Waals surface area contributed by atoms with Gasteiger partial charge in [0.15, 0.2) is 23.4 Å². The van der Waals surface area contributed by atoms with Crippen LogP contribution in [0.3, 0.4) is 0 Å². The van der Waals surface area contributed by atoms with Gasteiger partial charge in [-0.1, -0.05) is 12.1 Å². The minimum atomic E-state index is -0.331. The highest BCUT2D eigenvalue weighted by Gasteiger charge is 2.25. The highest BCUT2D eigenvalue weighted by Crippen LogP contribution is 2.31.